The van der Waals surface area contributed by atoms with Gasteiger partial charge in [-0.25, -0.2) is 14.4 Å². The second kappa shape index (κ2) is 9.81. The van der Waals surface area contributed by atoms with E-state index in [0.717, 1.165) is 22.7 Å². The summed E-state index contributed by atoms with van der Waals surface area (Å²) in [6.45, 7) is 6.53. The molecule has 0 saturated carbocycles. The SMILES string of the molecule is CC(C)(O)CCc1cn(-c2ccc(CN3C(=O)N(c4ccc(C#N)c(C(F)(F)F)c4)C(=O)C3(C)C)cc2)nn1. The van der Waals surface area contributed by atoms with Gasteiger partial charge >= 0.3 is 12.2 Å². The molecule has 0 radical (unpaired) electrons. The first-order valence-corrected chi connectivity index (χ1v) is 12.1. The fourth-order valence-corrected chi connectivity index (χ4v) is 4.24. The van der Waals surface area contributed by atoms with Gasteiger partial charge in [0.15, 0.2) is 0 Å². The molecule has 9 nitrogen and oxygen atoms in total. The molecule has 1 aromatic heterocycles. The van der Waals surface area contributed by atoms with E-state index in [1.807, 2.05) is 0 Å². The molecule has 1 fully saturated rings. The van der Waals surface area contributed by atoms with Crippen LogP contribution in [-0.2, 0) is 23.9 Å². The molecule has 3 amide bonds. The Balaban J connectivity index is 1.54. The Labute approximate surface area is 223 Å². The lowest BCUT2D eigenvalue weighted by Crippen LogP contribution is -2.43. The lowest BCUT2D eigenvalue weighted by atomic mass is 10.0. The van der Waals surface area contributed by atoms with Gasteiger partial charge in [-0.2, -0.15) is 18.4 Å². The Bertz CT molecular complexity index is 1450. The number of halogens is 3. The van der Waals surface area contributed by atoms with E-state index in [9.17, 15) is 27.9 Å². The number of hydrogen-bond donors (Lipinski definition) is 1. The first-order valence-electron chi connectivity index (χ1n) is 12.1. The number of carbonyl (C=O) groups is 2. The van der Waals surface area contributed by atoms with Crippen molar-refractivity contribution in [3.8, 4) is 11.8 Å². The van der Waals surface area contributed by atoms with Gasteiger partial charge in [-0.1, -0.05) is 17.3 Å². The number of imide groups is 1. The van der Waals surface area contributed by atoms with Crippen LogP contribution in [0.3, 0.4) is 0 Å². The monoisotopic (exact) mass is 540 g/mol. The molecule has 1 aliphatic heterocycles. The lowest BCUT2D eigenvalue weighted by molar-refractivity contribution is -0.137. The van der Waals surface area contributed by atoms with Crippen LogP contribution in [0, 0.1) is 11.3 Å². The number of nitriles is 1. The maximum Gasteiger partial charge on any atom is 0.417 e. The van der Waals surface area contributed by atoms with Gasteiger partial charge in [0.25, 0.3) is 5.91 Å². The number of amides is 3. The third-order valence-corrected chi connectivity index (χ3v) is 6.59. The summed E-state index contributed by atoms with van der Waals surface area (Å²) < 4.78 is 42.0. The van der Waals surface area contributed by atoms with Crippen molar-refractivity contribution in [2.45, 2.75) is 64.4 Å². The highest BCUT2D eigenvalue weighted by Gasteiger charge is 2.52. The largest absolute Gasteiger partial charge is 0.417 e. The number of benzene rings is 2. The summed E-state index contributed by atoms with van der Waals surface area (Å²) in [5, 5.41) is 27.2. The third-order valence-electron chi connectivity index (χ3n) is 6.59. The highest BCUT2D eigenvalue weighted by molar-refractivity contribution is 6.23. The molecular formula is C27H27F3N6O3. The molecule has 39 heavy (non-hydrogen) atoms. The number of aliphatic hydroxyl groups is 1. The van der Waals surface area contributed by atoms with E-state index in [4.69, 9.17) is 5.26 Å². The molecule has 0 atom stereocenters. The summed E-state index contributed by atoms with van der Waals surface area (Å²) in [5.41, 5.74) is -2.09. The van der Waals surface area contributed by atoms with Crippen molar-refractivity contribution >= 4 is 17.6 Å². The van der Waals surface area contributed by atoms with Crippen molar-refractivity contribution in [3.05, 3.63) is 71.0 Å². The zero-order valence-corrected chi connectivity index (χ0v) is 21.8. The van der Waals surface area contributed by atoms with Crippen molar-refractivity contribution in [2.75, 3.05) is 4.90 Å². The van der Waals surface area contributed by atoms with E-state index >= 15 is 0 Å². The Morgan fingerprint density at radius 1 is 1.05 bits per heavy atom. The number of aromatic nitrogens is 3. The number of urea groups is 1. The Kier molecular flexibility index (Phi) is 6.99. The van der Waals surface area contributed by atoms with Gasteiger partial charge in [0, 0.05) is 6.54 Å². The molecule has 0 spiro atoms. The molecule has 0 aliphatic carbocycles. The van der Waals surface area contributed by atoms with Gasteiger partial charge < -0.3 is 10.0 Å². The van der Waals surface area contributed by atoms with Crippen molar-refractivity contribution in [3.63, 3.8) is 0 Å². The van der Waals surface area contributed by atoms with Crippen LogP contribution in [0.25, 0.3) is 5.69 Å². The minimum atomic E-state index is -4.83. The molecule has 4 rings (SSSR count). The number of carbonyl (C=O) groups excluding carboxylic acids is 2. The topological polar surface area (TPSA) is 115 Å². The highest BCUT2D eigenvalue weighted by atomic mass is 19.4. The summed E-state index contributed by atoms with van der Waals surface area (Å²) in [4.78, 5) is 28.5. The standard InChI is InChI=1S/C27H27F3N6O3/c1-25(2,39)12-11-19-16-35(33-32-19)20-8-5-17(6-9-20)15-34-24(38)36(23(37)26(34,3)4)21-10-7-18(14-31)22(13-21)27(28,29)30/h5-10,13,16,39H,11-12,15H2,1-4H3. The molecule has 2 aromatic carbocycles. The van der Waals surface area contributed by atoms with Crippen LogP contribution in [0.4, 0.5) is 23.7 Å². The quantitative estimate of drug-likeness (QED) is 0.438. The van der Waals surface area contributed by atoms with Gasteiger partial charge in [-0.15, -0.1) is 5.10 Å². The lowest BCUT2D eigenvalue weighted by Gasteiger charge is -2.27. The first kappa shape index (κ1) is 27.8. The second-order valence-corrected chi connectivity index (χ2v) is 10.5. The van der Waals surface area contributed by atoms with Crippen LogP contribution >= 0.6 is 0 Å². The molecule has 0 unspecified atom stereocenters. The van der Waals surface area contributed by atoms with E-state index in [-0.39, 0.29) is 12.2 Å². The van der Waals surface area contributed by atoms with Crippen LogP contribution < -0.4 is 4.90 Å². The average Bonchev–Trinajstić information content (AvgIpc) is 3.40. The normalized spacial score (nSPS) is 15.7. The number of hydrogen-bond acceptors (Lipinski definition) is 6. The minimum Gasteiger partial charge on any atom is -0.390 e. The number of rotatable bonds is 7. The van der Waals surface area contributed by atoms with Crippen LogP contribution in [-0.4, -0.2) is 48.1 Å². The van der Waals surface area contributed by atoms with E-state index in [1.165, 1.54) is 24.8 Å². The van der Waals surface area contributed by atoms with E-state index in [0.29, 0.717) is 30.2 Å². The number of alkyl halides is 3. The van der Waals surface area contributed by atoms with Crippen molar-refractivity contribution in [1.82, 2.24) is 19.9 Å². The zero-order valence-electron chi connectivity index (χ0n) is 21.8. The second-order valence-electron chi connectivity index (χ2n) is 10.5. The van der Waals surface area contributed by atoms with Gasteiger partial charge in [0.1, 0.15) is 5.54 Å². The Morgan fingerprint density at radius 3 is 2.28 bits per heavy atom. The average molecular weight is 541 g/mol. The molecule has 1 saturated heterocycles. The predicted octanol–water partition coefficient (Wildman–Crippen LogP) is 4.61. The van der Waals surface area contributed by atoms with Crippen molar-refractivity contribution < 1.29 is 27.9 Å². The van der Waals surface area contributed by atoms with Gasteiger partial charge in [0.2, 0.25) is 0 Å². The summed E-state index contributed by atoms with van der Waals surface area (Å²) in [6, 6.07) is 10.5. The minimum absolute atomic E-state index is 0.0327. The van der Waals surface area contributed by atoms with Crippen LogP contribution in [0.15, 0.2) is 48.7 Å². The Morgan fingerprint density at radius 2 is 1.69 bits per heavy atom. The number of anilines is 1. The number of aryl methyl sites for hydroxylation is 1. The van der Waals surface area contributed by atoms with E-state index in [1.54, 1.807) is 49.0 Å². The summed E-state index contributed by atoms with van der Waals surface area (Å²) in [6.07, 6.45) is -1.98. The van der Waals surface area contributed by atoms with Crippen LogP contribution in [0.5, 0.6) is 0 Å². The van der Waals surface area contributed by atoms with Gasteiger partial charge in [-0.3, -0.25) is 4.79 Å². The first-order chi connectivity index (χ1) is 18.1. The van der Waals surface area contributed by atoms with Crippen LogP contribution in [0.2, 0.25) is 0 Å². The molecule has 204 valence electrons. The van der Waals surface area contributed by atoms with Crippen molar-refractivity contribution in [1.29, 1.82) is 5.26 Å². The Hall–Kier alpha value is -4.24. The molecule has 0 bridgehead atoms. The maximum absolute atomic E-state index is 13.5. The van der Waals surface area contributed by atoms with Gasteiger partial charge in [-0.05, 0) is 76.4 Å². The van der Waals surface area contributed by atoms with Gasteiger partial charge in [0.05, 0.1) is 46.1 Å². The summed E-state index contributed by atoms with van der Waals surface area (Å²) in [5.74, 6) is -0.678. The highest BCUT2D eigenvalue weighted by Crippen LogP contribution is 2.38. The summed E-state index contributed by atoms with van der Waals surface area (Å²) >= 11 is 0. The van der Waals surface area contributed by atoms with E-state index < -0.39 is 40.4 Å². The predicted molar refractivity (Wildman–Crippen MR) is 135 cm³/mol. The molecule has 12 heteroatoms. The molecule has 1 aliphatic rings. The van der Waals surface area contributed by atoms with E-state index in [2.05, 4.69) is 10.3 Å². The molecule has 3 aromatic rings. The smallest absolute Gasteiger partial charge is 0.390 e. The molecular weight excluding hydrogens is 513 g/mol. The maximum atomic E-state index is 13.5. The fourth-order valence-electron chi connectivity index (χ4n) is 4.24. The third kappa shape index (κ3) is 5.63. The molecule has 2 heterocycles. The summed E-state index contributed by atoms with van der Waals surface area (Å²) in [7, 11) is 0. The fraction of sp³-hybridized carbons (Fsp3) is 0.370. The number of nitrogens with zero attached hydrogens (tertiary/aromatic N) is 6. The van der Waals surface area contributed by atoms with Crippen LogP contribution in [0.1, 0.15) is 56.5 Å². The molecule has 1 N–H and O–H groups in total. The van der Waals surface area contributed by atoms with Crippen molar-refractivity contribution in [2.24, 2.45) is 0 Å². The zero-order chi connectivity index (χ0) is 28.8.